The van der Waals surface area contributed by atoms with E-state index in [0.29, 0.717) is 0 Å². The van der Waals surface area contributed by atoms with Crippen molar-refractivity contribution in [3.63, 3.8) is 0 Å². The van der Waals surface area contributed by atoms with E-state index in [1.54, 1.807) is 2.89 Å². The van der Waals surface area contributed by atoms with Crippen molar-refractivity contribution < 1.29 is 0 Å². The topological polar surface area (TPSA) is 0 Å². The molecule has 0 saturated heterocycles. The molecule has 1 aromatic carbocycles. The van der Waals surface area contributed by atoms with Gasteiger partial charge in [0.2, 0.25) is 0 Å². The van der Waals surface area contributed by atoms with Gasteiger partial charge in [0.15, 0.2) is 0 Å². The fraction of sp³-hybridized carbons (Fsp3) is 0.333. The fourth-order valence-corrected chi connectivity index (χ4v) is 8.55. The van der Waals surface area contributed by atoms with Gasteiger partial charge in [-0.05, 0) is 0 Å². The van der Waals surface area contributed by atoms with E-state index < -0.39 is 18.4 Å². The molecule has 2 heteroatoms. The molecule has 1 heterocycles. The Balaban J connectivity index is 2.51. The molecule has 0 N–H and O–H groups in total. The van der Waals surface area contributed by atoms with E-state index in [-0.39, 0.29) is 0 Å². The molecule has 0 aliphatic rings. The van der Waals surface area contributed by atoms with Crippen molar-refractivity contribution >= 4 is 32.6 Å². The maximum atomic E-state index is 2.48. The number of thiophene rings is 1. The van der Waals surface area contributed by atoms with Crippen LogP contribution in [0.3, 0.4) is 0 Å². The molecule has 0 unspecified atom stereocenters. The molecule has 17 heavy (non-hydrogen) atoms. The normalized spacial score (nSPS) is 11.8. The van der Waals surface area contributed by atoms with E-state index in [0.717, 1.165) is 0 Å². The molecule has 0 aliphatic carbocycles. The van der Waals surface area contributed by atoms with Gasteiger partial charge < -0.3 is 0 Å². The van der Waals surface area contributed by atoms with Gasteiger partial charge in [0.25, 0.3) is 0 Å². The summed E-state index contributed by atoms with van der Waals surface area (Å²) in [4.78, 5) is 8.89. The second-order valence-electron chi connectivity index (χ2n) is 5.68. The molecule has 0 bridgehead atoms. The summed E-state index contributed by atoms with van der Waals surface area (Å²) in [6, 6.07) is 11.2. The maximum absolute atomic E-state index is 2.48. The second kappa shape index (κ2) is 4.77. The molecule has 1 aromatic heterocycles. The average Bonchev–Trinajstić information content (AvgIpc) is 2.65. The molecule has 0 radical (unpaired) electrons. The Kier molecular flexibility index (Phi) is 3.69. The van der Waals surface area contributed by atoms with Gasteiger partial charge in [-0.25, -0.2) is 0 Å². The van der Waals surface area contributed by atoms with E-state index in [1.165, 1.54) is 21.6 Å². The first-order valence-corrected chi connectivity index (χ1v) is 16.9. The van der Waals surface area contributed by atoms with Crippen LogP contribution >= 0.6 is 11.3 Å². The Morgan fingerprint density at radius 3 is 1.94 bits per heavy atom. The molecule has 0 nitrogen and oxygen atoms in total. The quantitative estimate of drug-likeness (QED) is 0.695. The van der Waals surface area contributed by atoms with Gasteiger partial charge in [0.1, 0.15) is 0 Å². The molecule has 0 fully saturated rings. The van der Waals surface area contributed by atoms with Gasteiger partial charge in [-0.3, -0.25) is 0 Å². The minimum absolute atomic E-state index is 1.39. The van der Waals surface area contributed by atoms with E-state index in [2.05, 4.69) is 59.0 Å². The Morgan fingerprint density at radius 1 is 0.882 bits per heavy atom. The Labute approximate surface area is 113 Å². The van der Waals surface area contributed by atoms with Crippen LogP contribution in [0.1, 0.15) is 11.1 Å². The monoisotopic (exact) mass is 352 g/mol. The van der Waals surface area contributed by atoms with E-state index in [9.17, 15) is 0 Å². The van der Waals surface area contributed by atoms with E-state index in [1.807, 2.05) is 11.3 Å². The summed E-state index contributed by atoms with van der Waals surface area (Å²) in [5, 5.41) is 0. The van der Waals surface area contributed by atoms with Crippen molar-refractivity contribution in [2.45, 2.75) is 28.7 Å². The fourth-order valence-electron chi connectivity index (χ4n) is 2.08. The van der Waals surface area contributed by atoms with Gasteiger partial charge in [0, 0.05) is 0 Å². The third-order valence-electron chi connectivity index (χ3n) is 3.07. The first-order valence-electron chi connectivity index (χ1n) is 6.06. The zero-order chi connectivity index (χ0) is 12.6. The van der Waals surface area contributed by atoms with Crippen LogP contribution in [0, 0.1) is 13.8 Å². The standard InChI is InChI=1S/C12H11S.3CH3.Sn/c1-9-5-3-6-10(2)12(9)11-7-4-8-13-11;;;;/h3-7H,1-2H3;3*1H3;. The molecular weight excluding hydrogens is 331 g/mol. The summed E-state index contributed by atoms with van der Waals surface area (Å²) in [6.07, 6.45) is 0. The van der Waals surface area contributed by atoms with Crippen LogP contribution in [-0.4, -0.2) is 18.4 Å². The van der Waals surface area contributed by atoms with Crippen LogP contribution in [0.25, 0.3) is 10.4 Å². The summed E-state index contributed by atoms with van der Waals surface area (Å²) in [6.45, 7) is 4.42. The molecule has 2 rings (SSSR count). The van der Waals surface area contributed by atoms with Gasteiger partial charge in [0.05, 0.1) is 0 Å². The van der Waals surface area contributed by atoms with Crippen molar-refractivity contribution in [2.24, 2.45) is 0 Å². The van der Waals surface area contributed by atoms with Crippen molar-refractivity contribution in [3.05, 3.63) is 41.5 Å². The Bertz CT molecular complexity index is 512. The van der Waals surface area contributed by atoms with E-state index in [4.69, 9.17) is 0 Å². The average molecular weight is 351 g/mol. The molecule has 0 spiro atoms. The molecule has 0 saturated carbocycles. The van der Waals surface area contributed by atoms with Crippen LogP contribution in [0.2, 0.25) is 14.8 Å². The summed E-state index contributed by atoms with van der Waals surface area (Å²) in [5.41, 5.74) is 4.23. The number of hydrogen-bond acceptors (Lipinski definition) is 1. The molecule has 0 amide bonds. The van der Waals surface area contributed by atoms with Crippen LogP contribution in [-0.2, 0) is 0 Å². The van der Waals surface area contributed by atoms with Crippen molar-refractivity contribution in [3.8, 4) is 10.4 Å². The zero-order valence-corrected chi connectivity index (χ0v) is 15.0. The van der Waals surface area contributed by atoms with Gasteiger partial charge in [-0.15, -0.1) is 0 Å². The summed E-state index contributed by atoms with van der Waals surface area (Å²) < 4.78 is 1.66. The van der Waals surface area contributed by atoms with Crippen molar-refractivity contribution in [1.29, 1.82) is 0 Å². The van der Waals surface area contributed by atoms with Crippen molar-refractivity contribution in [2.75, 3.05) is 0 Å². The number of rotatable bonds is 2. The molecular formula is C15H20SSn. The minimum atomic E-state index is -1.88. The van der Waals surface area contributed by atoms with Gasteiger partial charge >= 0.3 is 113 Å². The SMILES string of the molecule is Cc1cccc(C)c1-c1cc[c]([Sn]([CH3])([CH3])[CH3])s1. The van der Waals surface area contributed by atoms with Crippen LogP contribution < -0.4 is 2.89 Å². The Morgan fingerprint density at radius 2 is 1.47 bits per heavy atom. The Hall–Kier alpha value is -0.281. The first kappa shape index (κ1) is 13.2. The van der Waals surface area contributed by atoms with Gasteiger partial charge in [-0.1, -0.05) is 0 Å². The number of hydrogen-bond donors (Lipinski definition) is 0. The molecule has 2 aromatic rings. The summed E-state index contributed by atoms with van der Waals surface area (Å²) in [5.74, 6) is 0. The predicted octanol–water partition coefficient (Wildman–Crippen LogP) is 4.58. The summed E-state index contributed by atoms with van der Waals surface area (Å²) in [7, 11) is 0. The van der Waals surface area contributed by atoms with Crippen LogP contribution in [0.4, 0.5) is 0 Å². The van der Waals surface area contributed by atoms with Gasteiger partial charge in [-0.2, -0.15) is 0 Å². The third kappa shape index (κ3) is 2.76. The van der Waals surface area contributed by atoms with Crippen LogP contribution in [0.5, 0.6) is 0 Å². The van der Waals surface area contributed by atoms with Crippen molar-refractivity contribution in [1.82, 2.24) is 0 Å². The third-order valence-corrected chi connectivity index (χ3v) is 13.7. The molecule has 90 valence electrons. The number of aryl methyl sites for hydroxylation is 2. The molecule has 0 aliphatic heterocycles. The van der Waals surface area contributed by atoms with Crippen LogP contribution in [0.15, 0.2) is 30.3 Å². The zero-order valence-electron chi connectivity index (χ0n) is 11.3. The predicted molar refractivity (Wildman–Crippen MR) is 82.2 cm³/mol. The molecule has 0 atom stereocenters. The number of benzene rings is 1. The van der Waals surface area contributed by atoms with E-state index >= 15 is 0 Å². The summed E-state index contributed by atoms with van der Waals surface area (Å²) >= 11 is 0.130. The second-order valence-corrected chi connectivity index (χ2v) is 22.2. The first-order chi connectivity index (χ1) is 7.89.